The van der Waals surface area contributed by atoms with E-state index in [2.05, 4.69) is 35.7 Å². The van der Waals surface area contributed by atoms with Crippen molar-refractivity contribution in [3.8, 4) is 0 Å². The van der Waals surface area contributed by atoms with E-state index in [1.807, 2.05) is 25.1 Å². The summed E-state index contributed by atoms with van der Waals surface area (Å²) in [6.07, 6.45) is 3.14. The van der Waals surface area contributed by atoms with Crippen LogP contribution in [0.25, 0.3) is 0 Å². The van der Waals surface area contributed by atoms with Crippen LogP contribution in [0.3, 0.4) is 0 Å². The number of aryl methyl sites for hydroxylation is 1. The highest BCUT2D eigenvalue weighted by Crippen LogP contribution is 2.31. The van der Waals surface area contributed by atoms with Crippen molar-refractivity contribution in [2.45, 2.75) is 17.9 Å². The molecule has 0 atom stereocenters. The molecule has 0 aliphatic heterocycles. The molecule has 0 saturated carbocycles. The third-order valence-electron chi connectivity index (χ3n) is 3.42. The van der Waals surface area contributed by atoms with Gasteiger partial charge in [0.05, 0.1) is 16.6 Å². The van der Waals surface area contributed by atoms with Crippen molar-refractivity contribution in [1.29, 1.82) is 0 Å². The maximum absolute atomic E-state index is 13.2. The highest BCUT2D eigenvalue weighted by atomic mass is 127. The average molecular weight is 439 g/mol. The Morgan fingerprint density at radius 3 is 2.13 bits per heavy atom. The molecule has 0 N–H and O–H groups in total. The molecule has 0 saturated heterocycles. The van der Waals surface area contributed by atoms with Crippen molar-refractivity contribution in [2.75, 3.05) is 4.31 Å². The topological polar surface area (TPSA) is 37.4 Å². The van der Waals surface area contributed by atoms with Crippen molar-refractivity contribution >= 4 is 38.3 Å². The summed E-state index contributed by atoms with van der Waals surface area (Å²) in [4.78, 5) is 0.247. The normalized spacial score (nSPS) is 11.3. The van der Waals surface area contributed by atoms with Crippen molar-refractivity contribution in [2.24, 2.45) is 0 Å². The fourth-order valence-electron chi connectivity index (χ4n) is 2.19. The molecule has 0 aromatic heterocycles. The second-order valence-corrected chi connectivity index (χ2v) is 8.00. The molecular formula is C18H18INO2S. The lowest BCUT2D eigenvalue weighted by Crippen LogP contribution is -2.38. The van der Waals surface area contributed by atoms with Crippen molar-refractivity contribution in [1.82, 2.24) is 0 Å². The standard InChI is InChI=1S/C18H18INO2S/c1-4-15(5-2)20(18-9-7-6-8-17(18)19)23(21,22)16-12-10-14(3)11-13-16/h4-13,15H,1-2H2,3H3. The Morgan fingerprint density at radius 2 is 1.61 bits per heavy atom. The molecular weight excluding hydrogens is 421 g/mol. The summed E-state index contributed by atoms with van der Waals surface area (Å²) in [5.41, 5.74) is 1.62. The lowest BCUT2D eigenvalue weighted by Gasteiger charge is -2.30. The van der Waals surface area contributed by atoms with Gasteiger partial charge in [-0.25, -0.2) is 8.42 Å². The maximum Gasteiger partial charge on any atom is 0.265 e. The smallest absolute Gasteiger partial charge is 0.255 e. The molecule has 3 nitrogen and oxygen atoms in total. The van der Waals surface area contributed by atoms with E-state index in [0.717, 1.165) is 9.13 Å². The predicted octanol–water partition coefficient (Wildman–Crippen LogP) is 4.54. The minimum Gasteiger partial charge on any atom is -0.255 e. The van der Waals surface area contributed by atoms with Gasteiger partial charge >= 0.3 is 0 Å². The average Bonchev–Trinajstić information content (AvgIpc) is 2.54. The molecule has 2 aromatic carbocycles. The molecule has 0 aliphatic carbocycles. The first-order valence-corrected chi connectivity index (χ1v) is 9.54. The van der Waals surface area contributed by atoms with Crippen molar-refractivity contribution in [3.05, 3.63) is 83.0 Å². The van der Waals surface area contributed by atoms with Crippen LogP contribution in [-0.4, -0.2) is 14.5 Å². The van der Waals surface area contributed by atoms with E-state index in [0.29, 0.717) is 5.69 Å². The molecule has 5 heteroatoms. The van der Waals surface area contributed by atoms with Crippen LogP contribution < -0.4 is 4.31 Å². The molecule has 2 rings (SSSR count). The number of nitrogens with zero attached hydrogens (tertiary/aromatic N) is 1. The Labute approximate surface area is 151 Å². The number of para-hydroxylation sites is 1. The zero-order valence-electron chi connectivity index (χ0n) is 12.8. The third kappa shape index (κ3) is 3.67. The molecule has 0 bridgehead atoms. The zero-order chi connectivity index (χ0) is 17.0. The Kier molecular flexibility index (Phi) is 5.64. The zero-order valence-corrected chi connectivity index (χ0v) is 15.8. The van der Waals surface area contributed by atoms with Gasteiger partial charge in [-0.3, -0.25) is 4.31 Å². The lowest BCUT2D eigenvalue weighted by atomic mass is 10.2. The number of benzene rings is 2. The number of sulfonamides is 1. The Morgan fingerprint density at radius 1 is 1.04 bits per heavy atom. The third-order valence-corrected chi connectivity index (χ3v) is 6.16. The maximum atomic E-state index is 13.2. The number of hydrogen-bond donors (Lipinski definition) is 0. The monoisotopic (exact) mass is 439 g/mol. The summed E-state index contributed by atoms with van der Waals surface area (Å²) < 4.78 is 28.6. The van der Waals surface area contributed by atoms with Crippen LogP contribution in [0.15, 0.2) is 78.7 Å². The van der Waals surface area contributed by atoms with Crippen LogP contribution in [0.4, 0.5) is 5.69 Å². The molecule has 0 heterocycles. The van der Waals surface area contributed by atoms with E-state index in [1.54, 1.807) is 42.5 Å². The summed E-state index contributed by atoms with van der Waals surface area (Å²) in [7, 11) is -3.73. The quantitative estimate of drug-likeness (QED) is 0.490. The van der Waals surface area contributed by atoms with Crippen molar-refractivity contribution < 1.29 is 8.42 Å². The van der Waals surface area contributed by atoms with E-state index in [9.17, 15) is 8.42 Å². The molecule has 2 aromatic rings. The van der Waals surface area contributed by atoms with Gasteiger partial charge in [0.2, 0.25) is 0 Å². The van der Waals surface area contributed by atoms with E-state index in [4.69, 9.17) is 0 Å². The highest BCUT2D eigenvalue weighted by Gasteiger charge is 2.30. The molecule has 0 unspecified atom stereocenters. The van der Waals surface area contributed by atoms with Crippen LogP contribution in [0, 0.1) is 10.5 Å². The summed E-state index contributed by atoms with van der Waals surface area (Å²) in [5, 5.41) is 0. The van der Waals surface area contributed by atoms with Crippen LogP contribution in [0.2, 0.25) is 0 Å². The van der Waals surface area contributed by atoms with E-state index in [-0.39, 0.29) is 4.90 Å². The summed E-state index contributed by atoms with van der Waals surface area (Å²) in [6.45, 7) is 9.42. The molecule has 120 valence electrons. The second-order valence-electron chi connectivity index (χ2n) is 5.03. The minimum absolute atomic E-state index is 0.247. The number of anilines is 1. The number of rotatable bonds is 6. The highest BCUT2D eigenvalue weighted by molar-refractivity contribution is 14.1. The van der Waals surface area contributed by atoms with Gasteiger partial charge in [0.25, 0.3) is 10.0 Å². The fourth-order valence-corrected chi connectivity index (χ4v) is 4.62. The molecule has 0 fully saturated rings. The van der Waals surface area contributed by atoms with Crippen LogP contribution in [0.1, 0.15) is 5.56 Å². The minimum atomic E-state index is -3.73. The molecule has 0 aliphatic rings. The van der Waals surface area contributed by atoms with E-state index < -0.39 is 16.1 Å². The van der Waals surface area contributed by atoms with E-state index >= 15 is 0 Å². The van der Waals surface area contributed by atoms with Gasteiger partial charge in [-0.15, -0.1) is 13.2 Å². The summed E-state index contributed by atoms with van der Waals surface area (Å²) in [5.74, 6) is 0. The number of halogens is 1. The van der Waals surface area contributed by atoms with Gasteiger partial charge in [0, 0.05) is 3.57 Å². The fraction of sp³-hybridized carbons (Fsp3) is 0.111. The molecule has 0 amide bonds. The van der Waals surface area contributed by atoms with Crippen LogP contribution >= 0.6 is 22.6 Å². The number of hydrogen-bond acceptors (Lipinski definition) is 2. The van der Waals surface area contributed by atoms with Gasteiger partial charge in [0.15, 0.2) is 0 Å². The van der Waals surface area contributed by atoms with Crippen LogP contribution in [-0.2, 0) is 10.0 Å². The predicted molar refractivity (Wildman–Crippen MR) is 104 cm³/mol. The Bertz CT molecular complexity index is 805. The first-order chi connectivity index (χ1) is 10.9. The first-order valence-electron chi connectivity index (χ1n) is 7.02. The molecule has 0 radical (unpaired) electrons. The van der Waals surface area contributed by atoms with E-state index in [1.165, 1.54) is 4.31 Å². The van der Waals surface area contributed by atoms with Gasteiger partial charge in [-0.05, 0) is 53.8 Å². The summed E-state index contributed by atoms with van der Waals surface area (Å²) in [6, 6.07) is 13.6. The Hall–Kier alpha value is -1.60. The summed E-state index contributed by atoms with van der Waals surface area (Å²) >= 11 is 2.13. The van der Waals surface area contributed by atoms with Crippen LogP contribution in [0.5, 0.6) is 0 Å². The Balaban J connectivity index is 2.66. The SMILES string of the molecule is C=CC(C=C)N(c1ccccc1I)S(=O)(=O)c1ccc(C)cc1. The lowest BCUT2D eigenvalue weighted by molar-refractivity contribution is 0.589. The van der Waals surface area contributed by atoms with Gasteiger partial charge in [0.1, 0.15) is 0 Å². The van der Waals surface area contributed by atoms with Gasteiger partial charge in [-0.1, -0.05) is 42.0 Å². The largest absolute Gasteiger partial charge is 0.265 e. The molecule has 23 heavy (non-hydrogen) atoms. The van der Waals surface area contributed by atoms with Gasteiger partial charge < -0.3 is 0 Å². The first kappa shape index (κ1) is 17.7. The second kappa shape index (κ2) is 7.31. The molecule has 0 spiro atoms. The van der Waals surface area contributed by atoms with Gasteiger partial charge in [-0.2, -0.15) is 0 Å². The van der Waals surface area contributed by atoms with Crippen molar-refractivity contribution in [3.63, 3.8) is 0 Å².